The molecule has 3 rings (SSSR count). The first-order valence-corrected chi connectivity index (χ1v) is 6.72. The van der Waals surface area contributed by atoms with Gasteiger partial charge in [0.2, 0.25) is 0 Å². The molecule has 0 aromatic carbocycles. The summed E-state index contributed by atoms with van der Waals surface area (Å²) in [5.74, 6) is -3.39. The van der Waals surface area contributed by atoms with Crippen molar-refractivity contribution in [1.29, 1.82) is 0 Å². The fourth-order valence-electron chi connectivity index (χ4n) is 3.23. The quantitative estimate of drug-likeness (QED) is 0.772. The van der Waals surface area contributed by atoms with Crippen LogP contribution in [0.5, 0.6) is 0 Å². The number of hydrogen-bond acceptors (Lipinski definition) is 2. The van der Waals surface area contributed by atoms with Crippen LogP contribution in [0.2, 0.25) is 0 Å². The van der Waals surface area contributed by atoms with Gasteiger partial charge in [0.25, 0.3) is 5.92 Å². The fourth-order valence-corrected chi connectivity index (χ4v) is 3.23. The van der Waals surface area contributed by atoms with E-state index in [1.807, 2.05) is 6.92 Å². The monoisotopic (exact) mass is 255 g/mol. The molecular formula is C13H19F2N3. The minimum atomic E-state index is -2.82. The summed E-state index contributed by atoms with van der Waals surface area (Å²) in [5.41, 5.74) is 0.368. The van der Waals surface area contributed by atoms with E-state index in [-0.39, 0.29) is 11.1 Å². The van der Waals surface area contributed by atoms with Gasteiger partial charge < -0.3 is 0 Å². The van der Waals surface area contributed by atoms with Gasteiger partial charge in [-0.25, -0.2) is 0 Å². The first-order valence-electron chi connectivity index (χ1n) is 6.72. The number of aryl methyl sites for hydroxylation is 1. The summed E-state index contributed by atoms with van der Waals surface area (Å²) < 4.78 is 31.0. The van der Waals surface area contributed by atoms with E-state index in [9.17, 15) is 8.78 Å². The number of hydrogen-bond donors (Lipinski definition) is 0. The molecule has 1 fully saturated rings. The van der Waals surface area contributed by atoms with Crippen LogP contribution in [0.15, 0.2) is 0 Å². The topological polar surface area (TPSA) is 30.7 Å². The normalized spacial score (nSPS) is 29.2. The second-order valence-electron chi connectivity index (χ2n) is 6.08. The summed E-state index contributed by atoms with van der Waals surface area (Å²) in [6.07, 6.45) is 4.94. The van der Waals surface area contributed by atoms with Crippen LogP contribution in [0.4, 0.5) is 8.78 Å². The molecule has 0 saturated heterocycles. The molecule has 2 aliphatic rings. The minimum Gasteiger partial charge on any atom is -0.252 e. The molecule has 5 heteroatoms. The van der Waals surface area contributed by atoms with E-state index < -0.39 is 11.8 Å². The third-order valence-electron chi connectivity index (χ3n) is 4.73. The van der Waals surface area contributed by atoms with Gasteiger partial charge in [-0.1, -0.05) is 18.6 Å². The van der Waals surface area contributed by atoms with Crippen LogP contribution in [0, 0.1) is 11.3 Å². The van der Waals surface area contributed by atoms with Crippen molar-refractivity contribution in [3.8, 4) is 0 Å². The Kier molecular flexibility index (Phi) is 2.51. The van der Waals surface area contributed by atoms with Crippen LogP contribution in [0.1, 0.15) is 50.4 Å². The van der Waals surface area contributed by atoms with E-state index in [1.54, 1.807) is 7.05 Å². The van der Waals surface area contributed by atoms with Gasteiger partial charge in [0, 0.05) is 13.0 Å². The Labute approximate surface area is 106 Å². The average molecular weight is 255 g/mol. The Morgan fingerprint density at radius 2 is 2.00 bits per heavy atom. The molecule has 0 spiro atoms. The van der Waals surface area contributed by atoms with Gasteiger partial charge in [0.15, 0.2) is 5.69 Å². The smallest absolute Gasteiger partial charge is 0.252 e. The van der Waals surface area contributed by atoms with Crippen molar-refractivity contribution in [2.75, 3.05) is 0 Å². The Balaban J connectivity index is 2.05. The van der Waals surface area contributed by atoms with Gasteiger partial charge >= 0.3 is 0 Å². The SMILES string of the molecule is Cn1nnc2c1CCCCC(C1(C)CC1)C2(F)F. The first-order chi connectivity index (χ1) is 8.45. The van der Waals surface area contributed by atoms with Crippen molar-refractivity contribution in [3.63, 3.8) is 0 Å². The number of aromatic nitrogens is 3. The Morgan fingerprint density at radius 1 is 1.28 bits per heavy atom. The van der Waals surface area contributed by atoms with E-state index >= 15 is 0 Å². The van der Waals surface area contributed by atoms with Crippen LogP contribution in [0.25, 0.3) is 0 Å². The highest BCUT2D eigenvalue weighted by molar-refractivity contribution is 5.20. The van der Waals surface area contributed by atoms with Gasteiger partial charge in [0.05, 0.1) is 5.69 Å². The van der Waals surface area contributed by atoms with Crippen LogP contribution in [-0.2, 0) is 19.4 Å². The summed E-state index contributed by atoms with van der Waals surface area (Å²) in [7, 11) is 1.71. The zero-order chi connectivity index (χ0) is 13.0. The lowest BCUT2D eigenvalue weighted by molar-refractivity contribution is -0.101. The second-order valence-corrected chi connectivity index (χ2v) is 6.08. The molecule has 0 radical (unpaired) electrons. The molecular weight excluding hydrogens is 236 g/mol. The van der Waals surface area contributed by atoms with Crippen molar-refractivity contribution >= 4 is 0 Å². The van der Waals surface area contributed by atoms with Gasteiger partial charge in [0.1, 0.15) is 0 Å². The molecule has 1 heterocycles. The van der Waals surface area contributed by atoms with Crippen molar-refractivity contribution in [3.05, 3.63) is 11.4 Å². The molecule has 1 saturated carbocycles. The summed E-state index contributed by atoms with van der Waals surface area (Å²) in [5, 5.41) is 7.57. The highest BCUT2D eigenvalue weighted by Crippen LogP contribution is 2.60. The molecule has 2 aliphatic carbocycles. The largest absolute Gasteiger partial charge is 0.296 e. The minimum absolute atomic E-state index is 0.0668. The number of alkyl halides is 2. The molecule has 1 atom stereocenters. The third-order valence-corrected chi connectivity index (χ3v) is 4.73. The van der Waals surface area contributed by atoms with Crippen LogP contribution < -0.4 is 0 Å². The van der Waals surface area contributed by atoms with Gasteiger partial charge in [-0.15, -0.1) is 5.10 Å². The summed E-state index contributed by atoms with van der Waals surface area (Å²) >= 11 is 0. The highest BCUT2D eigenvalue weighted by Gasteiger charge is 2.58. The summed E-state index contributed by atoms with van der Waals surface area (Å²) in [6, 6.07) is 0. The maximum atomic E-state index is 14.7. The number of nitrogens with zero attached hydrogens (tertiary/aromatic N) is 3. The molecule has 3 nitrogen and oxygen atoms in total. The van der Waals surface area contributed by atoms with Gasteiger partial charge in [-0.05, 0) is 37.5 Å². The standard InChI is InChI=1S/C13H19F2N3/c1-12(7-8-12)10-6-4-3-5-9-11(13(10,14)15)16-17-18(9)2/h10H,3-8H2,1-2H3. The lowest BCUT2D eigenvalue weighted by Gasteiger charge is -2.32. The Hall–Kier alpha value is -1.00. The van der Waals surface area contributed by atoms with Crippen molar-refractivity contribution in [2.24, 2.45) is 18.4 Å². The van der Waals surface area contributed by atoms with Gasteiger partial charge in [-0.3, -0.25) is 4.68 Å². The maximum Gasteiger partial charge on any atom is 0.296 e. The molecule has 0 bridgehead atoms. The van der Waals surface area contributed by atoms with Crippen LogP contribution >= 0.6 is 0 Å². The number of fused-ring (bicyclic) bond motifs is 1. The predicted molar refractivity (Wildman–Crippen MR) is 63.3 cm³/mol. The Bertz CT molecular complexity index is 463. The van der Waals surface area contributed by atoms with E-state index in [2.05, 4.69) is 10.3 Å². The molecule has 1 aromatic heterocycles. The number of rotatable bonds is 1. The van der Waals surface area contributed by atoms with E-state index in [4.69, 9.17) is 0 Å². The van der Waals surface area contributed by atoms with Crippen molar-refractivity contribution < 1.29 is 8.78 Å². The third kappa shape index (κ3) is 1.67. The van der Waals surface area contributed by atoms with E-state index in [0.29, 0.717) is 18.5 Å². The van der Waals surface area contributed by atoms with Crippen LogP contribution in [-0.4, -0.2) is 15.0 Å². The second kappa shape index (κ2) is 3.75. The summed E-state index contributed by atoms with van der Waals surface area (Å²) in [4.78, 5) is 0. The zero-order valence-electron chi connectivity index (χ0n) is 10.9. The lowest BCUT2D eigenvalue weighted by atomic mass is 9.78. The highest BCUT2D eigenvalue weighted by atomic mass is 19.3. The van der Waals surface area contributed by atoms with Crippen molar-refractivity contribution in [1.82, 2.24) is 15.0 Å². The van der Waals surface area contributed by atoms with Crippen LogP contribution in [0.3, 0.4) is 0 Å². The molecule has 1 aromatic rings. The lowest BCUT2D eigenvalue weighted by Crippen LogP contribution is -2.34. The molecule has 0 N–H and O–H groups in total. The molecule has 100 valence electrons. The van der Waals surface area contributed by atoms with E-state index in [1.165, 1.54) is 4.68 Å². The van der Waals surface area contributed by atoms with E-state index in [0.717, 1.165) is 25.7 Å². The molecule has 0 aliphatic heterocycles. The average Bonchev–Trinajstić information content (AvgIpc) is 2.90. The number of halogens is 2. The molecule has 18 heavy (non-hydrogen) atoms. The fraction of sp³-hybridized carbons (Fsp3) is 0.846. The Morgan fingerprint density at radius 3 is 2.67 bits per heavy atom. The van der Waals surface area contributed by atoms with Crippen molar-refractivity contribution in [2.45, 2.75) is 51.4 Å². The zero-order valence-corrected chi connectivity index (χ0v) is 10.9. The van der Waals surface area contributed by atoms with Gasteiger partial charge in [-0.2, -0.15) is 8.78 Å². The molecule has 0 amide bonds. The predicted octanol–water partition coefficient (Wildman–Crippen LogP) is 3.05. The maximum absolute atomic E-state index is 14.7. The molecule has 1 unspecified atom stereocenters. The summed E-state index contributed by atoms with van der Waals surface area (Å²) in [6.45, 7) is 1.99. The first kappa shape index (κ1) is 12.1.